The van der Waals surface area contributed by atoms with Crippen molar-refractivity contribution in [3.05, 3.63) is 107 Å². The third-order valence-electron chi connectivity index (χ3n) is 17.2. The summed E-state index contributed by atoms with van der Waals surface area (Å²) in [5.74, 6) is -0.329. The summed E-state index contributed by atoms with van der Waals surface area (Å²) in [4.78, 5) is 79.3. The minimum atomic E-state index is -0.915. The van der Waals surface area contributed by atoms with E-state index in [1.807, 2.05) is 100 Å². The monoisotopic (exact) mass is 1170 g/mol. The highest BCUT2D eigenvalue weighted by Gasteiger charge is 2.45. The fourth-order valence-electron chi connectivity index (χ4n) is 12.7. The zero-order chi connectivity index (χ0) is 58.9. The number of hydrogen-bond donors (Lipinski definition) is 4. The quantitative estimate of drug-likeness (QED) is 0.0672. The predicted molar refractivity (Wildman–Crippen MR) is 323 cm³/mol. The van der Waals surface area contributed by atoms with Crippen LogP contribution in [0.1, 0.15) is 84.0 Å². The minimum absolute atomic E-state index is 0.000379. The summed E-state index contributed by atoms with van der Waals surface area (Å²) < 4.78 is 23.7. The van der Waals surface area contributed by atoms with Crippen molar-refractivity contribution in [3.63, 3.8) is 0 Å². The molecule has 20 heteroatoms. The molecule has 0 unspecified atom stereocenters. The van der Waals surface area contributed by atoms with Crippen LogP contribution in [0.25, 0.3) is 43.2 Å². The molecule has 83 heavy (non-hydrogen) atoms. The highest BCUT2D eigenvalue weighted by atomic mass is 35.5. The number of piperidine rings is 2. The lowest BCUT2D eigenvalue weighted by Crippen LogP contribution is -2.59. The largest absolute Gasteiger partial charge is 0.508 e. The molecule has 0 aliphatic carbocycles. The Balaban J connectivity index is 0.725. The predicted octanol–water partition coefficient (Wildman–Crippen LogP) is 8.78. The summed E-state index contributed by atoms with van der Waals surface area (Å²) in [5.41, 5.74) is 4.64. The van der Waals surface area contributed by atoms with Gasteiger partial charge in [0.1, 0.15) is 35.3 Å². The van der Waals surface area contributed by atoms with Crippen LogP contribution >= 0.6 is 22.9 Å². The van der Waals surface area contributed by atoms with Crippen molar-refractivity contribution in [1.29, 1.82) is 0 Å². The van der Waals surface area contributed by atoms with Gasteiger partial charge in [-0.15, -0.1) is 11.3 Å². The number of β-amino-alcohol motifs (C(OH)–C–C–N with tert-alkyl or cyclic N) is 1. The van der Waals surface area contributed by atoms with Gasteiger partial charge in [0.15, 0.2) is 5.82 Å². The average Bonchev–Trinajstić information content (AvgIpc) is 4.26. The summed E-state index contributed by atoms with van der Waals surface area (Å²) in [6, 6.07) is 18.1. The van der Waals surface area contributed by atoms with Crippen LogP contribution in [-0.2, 0) is 19.2 Å². The molecule has 0 saturated carbocycles. The number of anilines is 1. The van der Waals surface area contributed by atoms with E-state index < -0.39 is 29.4 Å². The topological polar surface area (TPSA) is 197 Å². The molecule has 10 rings (SSSR count). The first-order chi connectivity index (χ1) is 39.7. The Kier molecular flexibility index (Phi) is 18.0. The molecule has 2 aromatic heterocycles. The molecular formula is C63H76ClFN10O7S. The molecule has 4 aliphatic heterocycles. The van der Waals surface area contributed by atoms with E-state index in [2.05, 4.69) is 32.0 Å². The molecule has 5 atom stereocenters. The fraction of sp³-hybridized carbons (Fsp3) is 0.476. The van der Waals surface area contributed by atoms with Gasteiger partial charge < -0.3 is 40.3 Å². The van der Waals surface area contributed by atoms with Crippen molar-refractivity contribution in [2.45, 2.75) is 104 Å². The van der Waals surface area contributed by atoms with Gasteiger partial charge in [-0.25, -0.2) is 9.37 Å². The first-order valence-corrected chi connectivity index (χ1v) is 30.3. The van der Waals surface area contributed by atoms with Gasteiger partial charge in [-0.1, -0.05) is 87.5 Å². The van der Waals surface area contributed by atoms with E-state index in [4.69, 9.17) is 26.3 Å². The second-order valence-electron chi connectivity index (χ2n) is 24.1. The molecule has 4 aliphatic rings. The van der Waals surface area contributed by atoms with E-state index in [0.717, 1.165) is 84.3 Å². The number of hydrogen-bond acceptors (Lipinski definition) is 14. The number of nitrogens with one attached hydrogen (secondary N) is 2. The van der Waals surface area contributed by atoms with Gasteiger partial charge in [0, 0.05) is 56.6 Å². The van der Waals surface area contributed by atoms with E-state index in [1.54, 1.807) is 28.4 Å². The third-order valence-corrected chi connectivity index (χ3v) is 18.5. The standard InChI is InChI=1S/C63H76ClFN10O7S/c1-8-53(79)73-25-27-74(28-26-73)59-49-32-50(64)54(48-30-45(76)29-44-11-9-10-12-47(44)48)55(65)56(49)69-62(70-59)82-37(2)33-71-21-17-41(18-22-71)42-19-23-72(24-20-42)35-52(78)68-58(63(5,6)7)61(81)75-34-46(77)31-51(75)60(80)67-38(3)40-13-15-43(16-14-40)57-39(4)66-36-83-57/h8-16,29-30,32,36-38,41-42,46,51,58,76-77H,1,17-28,31,33-35H2,2-7H3,(H,67,80)(H,68,78)/t37-,38+,46-,51+,58-/m1/s1. The molecule has 0 spiro atoms. The third kappa shape index (κ3) is 13.3. The van der Waals surface area contributed by atoms with Crippen molar-refractivity contribution < 1.29 is 38.5 Å². The molecule has 6 aromatic rings. The lowest BCUT2D eigenvalue weighted by Gasteiger charge is -2.40. The Morgan fingerprint density at radius 1 is 0.892 bits per heavy atom. The number of aromatic hydroxyl groups is 1. The molecule has 4 amide bonds. The molecule has 6 heterocycles. The highest BCUT2D eigenvalue weighted by molar-refractivity contribution is 7.13. The van der Waals surface area contributed by atoms with Crippen molar-refractivity contribution >= 4 is 74.1 Å². The van der Waals surface area contributed by atoms with Crippen LogP contribution in [0.4, 0.5) is 10.2 Å². The Morgan fingerprint density at radius 2 is 1.57 bits per heavy atom. The maximum Gasteiger partial charge on any atom is 0.319 e. The molecule has 0 radical (unpaired) electrons. The van der Waals surface area contributed by atoms with Crippen LogP contribution < -0.4 is 20.3 Å². The van der Waals surface area contributed by atoms with E-state index in [0.29, 0.717) is 61.3 Å². The zero-order valence-electron chi connectivity index (χ0n) is 48.2. The summed E-state index contributed by atoms with van der Waals surface area (Å²) in [5, 5.41) is 29.6. The number of aliphatic hydroxyl groups is 1. The number of aromatic nitrogens is 3. The molecular weight excluding hydrogens is 1100 g/mol. The average molecular weight is 1170 g/mol. The Bertz CT molecular complexity index is 3370. The van der Waals surface area contributed by atoms with Gasteiger partial charge >= 0.3 is 6.01 Å². The van der Waals surface area contributed by atoms with Gasteiger partial charge in [-0.2, -0.15) is 9.97 Å². The summed E-state index contributed by atoms with van der Waals surface area (Å²) in [7, 11) is 0. The molecule has 0 bridgehead atoms. The number of amides is 4. The number of aliphatic hydroxyl groups excluding tert-OH is 1. The zero-order valence-corrected chi connectivity index (χ0v) is 49.8. The lowest BCUT2D eigenvalue weighted by molar-refractivity contribution is -0.144. The number of thiazole rings is 1. The van der Waals surface area contributed by atoms with Crippen molar-refractivity contribution in [2.75, 3.05) is 76.9 Å². The fourth-order valence-corrected chi connectivity index (χ4v) is 13.8. The highest BCUT2D eigenvalue weighted by Crippen LogP contribution is 2.43. The van der Waals surface area contributed by atoms with Crippen LogP contribution in [0.15, 0.2) is 84.9 Å². The SMILES string of the molecule is C=CC(=O)N1CCN(c2nc(O[C@H](C)CN3CCC(C4CCN(CC(=O)N[C@H](C(=O)N5C[C@H](O)C[C@H]5C(=O)N[C@@H](C)c5ccc(-c6scnc6C)cc5)C(C)(C)C)CC4)CC3)nc3c(F)c(-c4cc(O)cc5ccccc45)c(Cl)cc23)CC1. The molecule has 17 nitrogen and oxygen atoms in total. The van der Waals surface area contributed by atoms with Gasteiger partial charge in [-0.3, -0.25) is 29.0 Å². The van der Waals surface area contributed by atoms with Crippen LogP contribution in [0.2, 0.25) is 5.02 Å². The van der Waals surface area contributed by atoms with Crippen LogP contribution in [0.5, 0.6) is 11.8 Å². The molecule has 4 aromatic carbocycles. The Labute approximate surface area is 493 Å². The van der Waals surface area contributed by atoms with Gasteiger partial charge in [0.2, 0.25) is 23.6 Å². The normalized spacial score (nSPS) is 19.9. The number of nitrogens with zero attached hydrogens (tertiary/aromatic N) is 8. The molecule has 440 valence electrons. The van der Waals surface area contributed by atoms with E-state index in [-0.39, 0.29) is 83.1 Å². The van der Waals surface area contributed by atoms with Crippen molar-refractivity contribution in [1.82, 2.24) is 45.2 Å². The Morgan fingerprint density at radius 3 is 2.22 bits per heavy atom. The number of halogens is 2. The first kappa shape index (κ1) is 59.4. The van der Waals surface area contributed by atoms with Crippen molar-refractivity contribution in [3.8, 4) is 33.3 Å². The maximum atomic E-state index is 17.2. The second kappa shape index (κ2) is 25.2. The smallest absolute Gasteiger partial charge is 0.319 e. The van der Waals surface area contributed by atoms with Crippen LogP contribution in [0.3, 0.4) is 0 Å². The van der Waals surface area contributed by atoms with Crippen molar-refractivity contribution in [2.24, 2.45) is 17.3 Å². The molecule has 4 saturated heterocycles. The van der Waals surface area contributed by atoms with E-state index >= 15 is 4.39 Å². The number of rotatable bonds is 16. The summed E-state index contributed by atoms with van der Waals surface area (Å²) in [6.45, 7) is 20.9. The number of carbonyl (C=O) groups is 4. The maximum absolute atomic E-state index is 17.2. The number of ether oxygens (including phenoxy) is 1. The Hall–Kier alpha value is -6.77. The van der Waals surface area contributed by atoms with Crippen LogP contribution in [0, 0.1) is 30.0 Å². The molecule has 4 N–H and O–H groups in total. The number of aryl methyl sites for hydroxylation is 1. The van der Waals surface area contributed by atoms with Gasteiger partial charge in [0.25, 0.3) is 0 Å². The summed E-state index contributed by atoms with van der Waals surface area (Å²) >= 11 is 8.55. The number of likely N-dealkylation sites (tertiary alicyclic amines) is 3. The second-order valence-corrected chi connectivity index (χ2v) is 25.3. The number of piperazine rings is 1. The number of fused-ring (bicyclic) bond motifs is 2. The van der Waals surface area contributed by atoms with Gasteiger partial charge in [-0.05, 0) is 142 Å². The minimum Gasteiger partial charge on any atom is -0.508 e. The van der Waals surface area contributed by atoms with Gasteiger partial charge in [0.05, 0.1) is 39.8 Å². The summed E-state index contributed by atoms with van der Waals surface area (Å²) in [6.07, 6.45) is 4.15. The van der Waals surface area contributed by atoms with Crippen LogP contribution in [-0.4, -0.2) is 165 Å². The lowest BCUT2D eigenvalue weighted by atomic mass is 9.78. The number of phenolic OH excluding ortho intramolecular Hbond substituents is 1. The number of benzene rings is 4. The number of phenols is 1. The molecule has 4 fully saturated rings. The number of carbonyl (C=O) groups excluding carboxylic acids is 4. The van der Waals surface area contributed by atoms with E-state index in [9.17, 15) is 29.4 Å². The first-order valence-electron chi connectivity index (χ1n) is 29.0. The van der Waals surface area contributed by atoms with E-state index in [1.165, 1.54) is 17.0 Å².